The summed E-state index contributed by atoms with van der Waals surface area (Å²) in [5, 5.41) is 9.31. The van der Waals surface area contributed by atoms with Crippen molar-refractivity contribution >= 4 is 17.6 Å². The molecule has 0 amide bonds. The highest BCUT2D eigenvalue weighted by atomic mass is 35.5. The molecule has 0 aliphatic heterocycles. The average Bonchev–Trinajstić information content (AvgIpc) is 2.73. The van der Waals surface area contributed by atoms with E-state index < -0.39 is 5.97 Å². The van der Waals surface area contributed by atoms with Crippen LogP contribution in [0.15, 0.2) is 34.9 Å². The summed E-state index contributed by atoms with van der Waals surface area (Å²) in [6, 6.07) is 7.58. The van der Waals surface area contributed by atoms with Crippen molar-refractivity contribution in [2.75, 3.05) is 0 Å². The third kappa shape index (κ3) is 3.60. The van der Waals surface area contributed by atoms with Gasteiger partial charge < -0.3 is 9.52 Å². The number of carbonyl (C=O) groups is 1. The molecule has 0 radical (unpaired) electrons. The molecule has 0 atom stereocenters. The van der Waals surface area contributed by atoms with E-state index in [4.69, 9.17) is 21.1 Å². The van der Waals surface area contributed by atoms with Gasteiger partial charge in [-0.2, -0.15) is 0 Å². The molecule has 1 N–H and O–H groups in total. The van der Waals surface area contributed by atoms with Crippen LogP contribution >= 0.6 is 11.6 Å². The van der Waals surface area contributed by atoms with E-state index in [1.165, 1.54) is 6.20 Å². The molecule has 2 aromatic rings. The molecule has 0 spiro atoms. The van der Waals surface area contributed by atoms with Crippen LogP contribution in [0.25, 0.3) is 0 Å². The summed E-state index contributed by atoms with van der Waals surface area (Å²) in [5.74, 6) is 0.00219. The van der Waals surface area contributed by atoms with Crippen LogP contribution in [0.1, 0.15) is 17.2 Å². The monoisotopic (exact) mass is 265 g/mol. The summed E-state index contributed by atoms with van der Waals surface area (Å²) in [7, 11) is 0. The lowest BCUT2D eigenvalue weighted by Gasteiger charge is -1.99. The lowest BCUT2D eigenvalue weighted by molar-refractivity contribution is -0.136. The lowest BCUT2D eigenvalue weighted by Crippen LogP contribution is -1.98. The van der Waals surface area contributed by atoms with Gasteiger partial charge in [-0.05, 0) is 24.1 Å². The molecule has 0 aliphatic carbocycles. The van der Waals surface area contributed by atoms with Crippen molar-refractivity contribution in [3.05, 3.63) is 52.7 Å². The van der Waals surface area contributed by atoms with Crippen molar-refractivity contribution in [1.82, 2.24) is 4.98 Å². The number of aryl methyl sites for hydroxylation is 2. The van der Waals surface area contributed by atoms with Gasteiger partial charge in [-0.15, -0.1) is 0 Å². The number of carboxylic acid groups (broad SMARTS) is 1. The number of benzene rings is 1. The van der Waals surface area contributed by atoms with Gasteiger partial charge in [0, 0.05) is 11.4 Å². The average molecular weight is 266 g/mol. The zero-order valence-corrected chi connectivity index (χ0v) is 10.4. The molecule has 0 saturated carbocycles. The quantitative estimate of drug-likeness (QED) is 0.903. The number of nitrogens with zero attached hydrogens (tertiary/aromatic N) is 1. The fraction of sp³-hybridized carbons (Fsp3) is 0.231. The van der Waals surface area contributed by atoms with Gasteiger partial charge in [-0.1, -0.05) is 23.7 Å². The van der Waals surface area contributed by atoms with E-state index in [1.807, 2.05) is 24.3 Å². The van der Waals surface area contributed by atoms with E-state index in [0.29, 0.717) is 23.1 Å². The maximum absolute atomic E-state index is 10.5. The number of hydrogen-bond acceptors (Lipinski definition) is 3. The SMILES string of the molecule is O=C(O)Cc1cnc(CCc2cccc(Cl)c2)o1. The van der Waals surface area contributed by atoms with E-state index in [2.05, 4.69) is 4.98 Å². The first-order valence-corrected chi connectivity index (χ1v) is 5.91. The van der Waals surface area contributed by atoms with Gasteiger partial charge in [-0.25, -0.2) is 4.98 Å². The first-order chi connectivity index (χ1) is 8.63. The maximum Gasteiger partial charge on any atom is 0.311 e. The molecule has 94 valence electrons. The molecule has 4 nitrogen and oxygen atoms in total. The molecule has 5 heteroatoms. The van der Waals surface area contributed by atoms with Gasteiger partial charge in [0.15, 0.2) is 5.89 Å². The van der Waals surface area contributed by atoms with Crippen molar-refractivity contribution in [2.45, 2.75) is 19.3 Å². The van der Waals surface area contributed by atoms with Crippen LogP contribution in [-0.2, 0) is 24.1 Å². The second-order valence-electron chi connectivity index (χ2n) is 3.92. The van der Waals surface area contributed by atoms with Gasteiger partial charge in [-0.3, -0.25) is 4.79 Å². The number of aromatic nitrogens is 1. The molecular formula is C13H12ClNO3. The predicted molar refractivity (Wildman–Crippen MR) is 66.7 cm³/mol. The number of hydrogen-bond donors (Lipinski definition) is 1. The van der Waals surface area contributed by atoms with Gasteiger partial charge in [0.05, 0.1) is 6.20 Å². The largest absolute Gasteiger partial charge is 0.481 e. The predicted octanol–water partition coefficient (Wildman–Crippen LogP) is 2.74. The maximum atomic E-state index is 10.5. The fourth-order valence-electron chi connectivity index (χ4n) is 1.64. The standard InChI is InChI=1S/C13H12ClNO3/c14-10-3-1-2-9(6-10)4-5-12-15-8-11(18-12)7-13(16)17/h1-3,6,8H,4-5,7H2,(H,16,17). The Balaban J connectivity index is 1.94. The molecule has 0 fully saturated rings. The Bertz CT molecular complexity index is 551. The Morgan fingerprint density at radius 3 is 2.94 bits per heavy atom. The van der Waals surface area contributed by atoms with Crippen LogP contribution < -0.4 is 0 Å². The zero-order valence-electron chi connectivity index (χ0n) is 9.60. The smallest absolute Gasteiger partial charge is 0.311 e. The number of oxazole rings is 1. The zero-order chi connectivity index (χ0) is 13.0. The highest BCUT2D eigenvalue weighted by molar-refractivity contribution is 6.30. The molecule has 0 unspecified atom stereocenters. The Morgan fingerprint density at radius 1 is 1.39 bits per heavy atom. The van der Waals surface area contributed by atoms with Crippen molar-refractivity contribution in [1.29, 1.82) is 0 Å². The van der Waals surface area contributed by atoms with E-state index in [9.17, 15) is 4.79 Å². The Labute approximate surface area is 109 Å². The minimum absolute atomic E-state index is 0.135. The minimum Gasteiger partial charge on any atom is -0.481 e. The van der Waals surface area contributed by atoms with Crippen LogP contribution in [0, 0.1) is 0 Å². The summed E-state index contributed by atoms with van der Waals surface area (Å²) in [6.07, 6.45) is 2.71. The van der Waals surface area contributed by atoms with Crippen molar-refractivity contribution in [2.24, 2.45) is 0 Å². The van der Waals surface area contributed by atoms with Gasteiger partial charge in [0.25, 0.3) is 0 Å². The van der Waals surface area contributed by atoms with E-state index in [1.54, 1.807) is 0 Å². The van der Waals surface area contributed by atoms with E-state index in [0.717, 1.165) is 12.0 Å². The first kappa shape index (κ1) is 12.6. The van der Waals surface area contributed by atoms with Gasteiger partial charge in [0.1, 0.15) is 12.2 Å². The summed E-state index contributed by atoms with van der Waals surface area (Å²) >= 11 is 5.88. The lowest BCUT2D eigenvalue weighted by atomic mass is 10.1. The van der Waals surface area contributed by atoms with E-state index >= 15 is 0 Å². The highest BCUT2D eigenvalue weighted by Gasteiger charge is 2.07. The molecule has 18 heavy (non-hydrogen) atoms. The van der Waals surface area contributed by atoms with Crippen LogP contribution in [-0.4, -0.2) is 16.1 Å². The molecule has 0 bridgehead atoms. The Morgan fingerprint density at radius 2 is 2.22 bits per heavy atom. The molecule has 2 rings (SSSR count). The van der Waals surface area contributed by atoms with Gasteiger partial charge >= 0.3 is 5.97 Å². The van der Waals surface area contributed by atoms with Gasteiger partial charge in [0.2, 0.25) is 0 Å². The summed E-state index contributed by atoms with van der Waals surface area (Å²) < 4.78 is 5.32. The number of halogens is 1. The number of carboxylic acids is 1. The number of rotatable bonds is 5. The molecule has 0 aliphatic rings. The molecule has 0 saturated heterocycles. The van der Waals surface area contributed by atoms with Crippen LogP contribution in [0.5, 0.6) is 0 Å². The van der Waals surface area contributed by atoms with Crippen molar-refractivity contribution in [3.8, 4) is 0 Å². The molecule has 1 aromatic carbocycles. The van der Waals surface area contributed by atoms with Crippen molar-refractivity contribution in [3.63, 3.8) is 0 Å². The summed E-state index contributed by atoms with van der Waals surface area (Å²) in [6.45, 7) is 0. The fourth-order valence-corrected chi connectivity index (χ4v) is 1.85. The Kier molecular flexibility index (Phi) is 3.99. The van der Waals surface area contributed by atoms with Crippen LogP contribution in [0.3, 0.4) is 0 Å². The topological polar surface area (TPSA) is 63.3 Å². The third-order valence-electron chi connectivity index (χ3n) is 2.44. The third-order valence-corrected chi connectivity index (χ3v) is 2.68. The van der Waals surface area contributed by atoms with E-state index in [-0.39, 0.29) is 6.42 Å². The first-order valence-electron chi connectivity index (χ1n) is 5.53. The number of aliphatic carboxylic acids is 1. The van der Waals surface area contributed by atoms with Crippen molar-refractivity contribution < 1.29 is 14.3 Å². The minimum atomic E-state index is -0.924. The van der Waals surface area contributed by atoms with Crippen LogP contribution in [0.4, 0.5) is 0 Å². The molecule has 1 aromatic heterocycles. The highest BCUT2D eigenvalue weighted by Crippen LogP contribution is 2.13. The normalized spacial score (nSPS) is 10.5. The van der Waals surface area contributed by atoms with Crippen LogP contribution in [0.2, 0.25) is 5.02 Å². The Hall–Kier alpha value is -1.81. The summed E-state index contributed by atoms with van der Waals surface area (Å²) in [4.78, 5) is 14.5. The second kappa shape index (κ2) is 5.69. The molecule has 1 heterocycles. The second-order valence-corrected chi connectivity index (χ2v) is 4.36. The molecular weight excluding hydrogens is 254 g/mol. The summed E-state index contributed by atoms with van der Waals surface area (Å²) in [5.41, 5.74) is 1.10.